The summed E-state index contributed by atoms with van der Waals surface area (Å²) in [7, 11) is 1.39. The van der Waals surface area contributed by atoms with Gasteiger partial charge in [-0.3, -0.25) is 10.1 Å². The Hall–Kier alpha value is -1.36. The smallest absolute Gasteiger partial charge is 0.323 e. The Morgan fingerprint density at radius 3 is 2.53 bits per heavy atom. The third-order valence-corrected chi connectivity index (χ3v) is 2.89. The van der Waals surface area contributed by atoms with E-state index in [9.17, 15) is 4.79 Å². The van der Waals surface area contributed by atoms with Gasteiger partial charge in [0.25, 0.3) is 0 Å². The van der Waals surface area contributed by atoms with Crippen LogP contribution in [0.3, 0.4) is 0 Å². The second-order valence-corrected chi connectivity index (χ2v) is 5.99. The summed E-state index contributed by atoms with van der Waals surface area (Å²) in [6.07, 6.45) is 1.74. The standard InChI is InChI=1S/C14H24N2O3/c1-9(2)12(13(17)18-6)16-8-11-15-7-10(19-11)14(3,4)5/h7,9,12,16H,8H2,1-6H3. The zero-order valence-corrected chi connectivity index (χ0v) is 12.6. The van der Waals surface area contributed by atoms with Crippen LogP contribution in [0, 0.1) is 5.92 Å². The lowest BCUT2D eigenvalue weighted by Crippen LogP contribution is -2.41. The highest BCUT2D eigenvalue weighted by Crippen LogP contribution is 2.22. The highest BCUT2D eigenvalue weighted by atomic mass is 16.5. The van der Waals surface area contributed by atoms with E-state index in [1.54, 1.807) is 6.20 Å². The molecule has 0 spiro atoms. The van der Waals surface area contributed by atoms with Crippen molar-refractivity contribution in [1.82, 2.24) is 10.3 Å². The van der Waals surface area contributed by atoms with E-state index in [0.717, 1.165) is 5.76 Å². The SMILES string of the molecule is COC(=O)C(NCc1ncc(C(C)(C)C)o1)C(C)C. The monoisotopic (exact) mass is 268 g/mol. The van der Waals surface area contributed by atoms with Gasteiger partial charge in [0.1, 0.15) is 11.8 Å². The Balaban J connectivity index is 2.65. The van der Waals surface area contributed by atoms with Crippen molar-refractivity contribution in [3.8, 4) is 0 Å². The van der Waals surface area contributed by atoms with Crippen molar-refractivity contribution in [2.45, 2.75) is 52.6 Å². The Bertz CT molecular complexity index is 419. The van der Waals surface area contributed by atoms with Gasteiger partial charge in [-0.15, -0.1) is 0 Å². The number of hydrogen-bond acceptors (Lipinski definition) is 5. The summed E-state index contributed by atoms with van der Waals surface area (Å²) in [5.74, 6) is 1.30. The molecule has 0 saturated heterocycles. The van der Waals surface area contributed by atoms with Gasteiger partial charge in [-0.05, 0) is 5.92 Å². The van der Waals surface area contributed by atoms with Crippen LogP contribution in [0.2, 0.25) is 0 Å². The first-order valence-corrected chi connectivity index (χ1v) is 6.52. The maximum atomic E-state index is 11.6. The summed E-state index contributed by atoms with van der Waals surface area (Å²) >= 11 is 0. The van der Waals surface area contributed by atoms with Gasteiger partial charge in [-0.1, -0.05) is 34.6 Å². The third kappa shape index (κ3) is 4.35. The molecule has 1 atom stereocenters. The maximum Gasteiger partial charge on any atom is 0.323 e. The van der Waals surface area contributed by atoms with E-state index >= 15 is 0 Å². The molecule has 0 aliphatic carbocycles. The molecular formula is C14H24N2O3. The second kappa shape index (κ2) is 6.19. The van der Waals surface area contributed by atoms with E-state index in [4.69, 9.17) is 9.15 Å². The van der Waals surface area contributed by atoms with Crippen molar-refractivity contribution in [3.05, 3.63) is 17.8 Å². The van der Waals surface area contributed by atoms with Crippen LogP contribution in [-0.2, 0) is 21.5 Å². The first-order valence-electron chi connectivity index (χ1n) is 6.52. The molecule has 0 aliphatic heterocycles. The molecule has 1 rings (SSSR count). The molecule has 0 saturated carbocycles. The van der Waals surface area contributed by atoms with E-state index in [-0.39, 0.29) is 23.3 Å². The molecule has 1 heterocycles. The molecule has 0 radical (unpaired) electrons. The quantitative estimate of drug-likeness (QED) is 0.830. The molecule has 5 nitrogen and oxygen atoms in total. The Kier molecular flexibility index (Phi) is 5.11. The van der Waals surface area contributed by atoms with Crippen molar-refractivity contribution in [3.63, 3.8) is 0 Å². The van der Waals surface area contributed by atoms with Crippen molar-refractivity contribution in [2.75, 3.05) is 7.11 Å². The largest absolute Gasteiger partial charge is 0.468 e. The number of nitrogens with zero attached hydrogens (tertiary/aromatic N) is 1. The van der Waals surface area contributed by atoms with Gasteiger partial charge in [0.05, 0.1) is 19.9 Å². The number of nitrogens with one attached hydrogen (secondary N) is 1. The zero-order valence-electron chi connectivity index (χ0n) is 12.6. The fraction of sp³-hybridized carbons (Fsp3) is 0.714. The lowest BCUT2D eigenvalue weighted by atomic mass is 9.94. The summed E-state index contributed by atoms with van der Waals surface area (Å²) in [5, 5.41) is 3.12. The lowest BCUT2D eigenvalue weighted by molar-refractivity contribution is -0.144. The van der Waals surface area contributed by atoms with Crippen LogP contribution >= 0.6 is 0 Å². The van der Waals surface area contributed by atoms with E-state index in [0.29, 0.717) is 12.4 Å². The summed E-state index contributed by atoms with van der Waals surface area (Å²) in [6.45, 7) is 10.5. The molecule has 0 amide bonds. The van der Waals surface area contributed by atoms with Gasteiger partial charge < -0.3 is 9.15 Å². The Morgan fingerprint density at radius 2 is 2.11 bits per heavy atom. The van der Waals surface area contributed by atoms with Crippen molar-refractivity contribution < 1.29 is 13.9 Å². The normalized spacial score (nSPS) is 13.6. The number of rotatable bonds is 5. The molecule has 19 heavy (non-hydrogen) atoms. The number of aromatic nitrogens is 1. The topological polar surface area (TPSA) is 64.4 Å². The first kappa shape index (κ1) is 15.7. The van der Waals surface area contributed by atoms with Crippen molar-refractivity contribution >= 4 is 5.97 Å². The number of methoxy groups -OCH3 is 1. The van der Waals surface area contributed by atoms with Gasteiger partial charge >= 0.3 is 5.97 Å². The highest BCUT2D eigenvalue weighted by Gasteiger charge is 2.24. The molecule has 0 fully saturated rings. The molecule has 0 aliphatic rings. The summed E-state index contributed by atoms with van der Waals surface area (Å²) in [4.78, 5) is 15.8. The van der Waals surface area contributed by atoms with Crippen LogP contribution in [0.25, 0.3) is 0 Å². The second-order valence-electron chi connectivity index (χ2n) is 5.99. The van der Waals surface area contributed by atoms with Gasteiger partial charge in [0.2, 0.25) is 5.89 Å². The fourth-order valence-electron chi connectivity index (χ4n) is 1.65. The molecule has 1 aromatic heterocycles. The number of carbonyl (C=O) groups is 1. The van der Waals surface area contributed by atoms with E-state index < -0.39 is 0 Å². The Morgan fingerprint density at radius 1 is 1.47 bits per heavy atom. The average molecular weight is 268 g/mol. The predicted molar refractivity (Wildman–Crippen MR) is 72.7 cm³/mol. The molecule has 1 aromatic rings. The van der Waals surface area contributed by atoms with Gasteiger partial charge in [-0.25, -0.2) is 4.98 Å². The lowest BCUT2D eigenvalue weighted by Gasteiger charge is -2.19. The summed E-state index contributed by atoms with van der Waals surface area (Å²) in [5.41, 5.74) is -0.0644. The van der Waals surface area contributed by atoms with Gasteiger partial charge in [-0.2, -0.15) is 0 Å². The van der Waals surface area contributed by atoms with E-state index in [1.807, 2.05) is 13.8 Å². The highest BCUT2D eigenvalue weighted by molar-refractivity contribution is 5.75. The predicted octanol–water partition coefficient (Wildman–Crippen LogP) is 2.26. The van der Waals surface area contributed by atoms with Crippen LogP contribution in [0.15, 0.2) is 10.6 Å². The van der Waals surface area contributed by atoms with E-state index in [2.05, 4.69) is 31.1 Å². The molecule has 5 heteroatoms. The summed E-state index contributed by atoms with van der Waals surface area (Å²) in [6, 6.07) is -0.352. The summed E-state index contributed by atoms with van der Waals surface area (Å²) < 4.78 is 10.4. The minimum absolute atomic E-state index is 0.0644. The van der Waals surface area contributed by atoms with E-state index in [1.165, 1.54) is 7.11 Å². The van der Waals surface area contributed by atoms with Crippen molar-refractivity contribution in [1.29, 1.82) is 0 Å². The molecule has 1 unspecified atom stereocenters. The fourth-order valence-corrected chi connectivity index (χ4v) is 1.65. The van der Waals surface area contributed by atoms with Crippen LogP contribution in [0.4, 0.5) is 0 Å². The van der Waals surface area contributed by atoms with Gasteiger partial charge in [0.15, 0.2) is 0 Å². The first-order chi connectivity index (χ1) is 8.75. The molecule has 108 valence electrons. The Labute approximate surface area is 114 Å². The van der Waals surface area contributed by atoms with Gasteiger partial charge in [0, 0.05) is 5.41 Å². The number of oxazole rings is 1. The zero-order chi connectivity index (χ0) is 14.6. The van der Waals surface area contributed by atoms with Crippen molar-refractivity contribution in [2.24, 2.45) is 5.92 Å². The molecule has 1 N–H and O–H groups in total. The maximum absolute atomic E-state index is 11.6. The minimum Gasteiger partial charge on any atom is -0.468 e. The number of carbonyl (C=O) groups excluding carboxylic acids is 1. The average Bonchev–Trinajstić information content (AvgIpc) is 2.76. The number of ether oxygens (including phenoxy) is 1. The van der Waals surface area contributed by atoms with Crippen LogP contribution in [0.1, 0.15) is 46.3 Å². The van der Waals surface area contributed by atoms with Crippen LogP contribution < -0.4 is 5.32 Å². The van der Waals surface area contributed by atoms with Crippen LogP contribution in [-0.4, -0.2) is 24.1 Å². The number of esters is 1. The van der Waals surface area contributed by atoms with Crippen LogP contribution in [0.5, 0.6) is 0 Å². The minimum atomic E-state index is -0.352. The molecule has 0 bridgehead atoms. The molecular weight excluding hydrogens is 244 g/mol. The molecule has 0 aromatic carbocycles. The number of hydrogen-bond donors (Lipinski definition) is 1. The third-order valence-electron chi connectivity index (χ3n) is 2.89.